The average molecular weight is 269 g/mol. The highest BCUT2D eigenvalue weighted by Gasteiger charge is 2.50. The van der Waals surface area contributed by atoms with Gasteiger partial charge in [0.15, 0.2) is 0 Å². The highest BCUT2D eigenvalue weighted by Crippen LogP contribution is 2.57. The predicted octanol–water partition coefficient (Wildman–Crippen LogP) is 4.09. The Morgan fingerprint density at radius 1 is 1.10 bits per heavy atom. The molecule has 5 rings (SSSR count). The molecule has 0 unspecified atom stereocenters. The van der Waals surface area contributed by atoms with Gasteiger partial charge in [0.25, 0.3) is 0 Å². The largest absolute Gasteiger partial charge is 0.508 e. The first-order valence-electron chi connectivity index (χ1n) is 7.97. The number of aromatic hydroxyl groups is 1. The molecular weight excluding hydrogens is 246 g/mol. The minimum atomic E-state index is 0.249. The van der Waals surface area contributed by atoms with E-state index in [-0.39, 0.29) is 5.54 Å². The van der Waals surface area contributed by atoms with E-state index in [0.717, 1.165) is 28.9 Å². The van der Waals surface area contributed by atoms with Crippen molar-refractivity contribution in [1.82, 2.24) is 0 Å². The first kappa shape index (κ1) is 12.4. The van der Waals surface area contributed by atoms with E-state index in [0.29, 0.717) is 5.75 Å². The number of hydrogen-bond donors (Lipinski definition) is 1. The Kier molecular flexibility index (Phi) is 2.70. The summed E-state index contributed by atoms with van der Waals surface area (Å²) in [6.45, 7) is 2.04. The maximum atomic E-state index is 9.49. The van der Waals surface area contributed by atoms with Crippen LogP contribution in [0.1, 0.15) is 49.7 Å². The molecule has 1 aromatic rings. The zero-order valence-corrected chi connectivity index (χ0v) is 12.2. The number of aliphatic imine (C=N–C) groups is 1. The number of nitrogens with zero attached hydrogens (tertiary/aromatic N) is 1. The van der Waals surface area contributed by atoms with E-state index in [1.54, 1.807) is 6.07 Å². The molecule has 0 aromatic heterocycles. The predicted molar refractivity (Wildman–Crippen MR) is 81.3 cm³/mol. The van der Waals surface area contributed by atoms with Crippen molar-refractivity contribution >= 4 is 6.21 Å². The van der Waals surface area contributed by atoms with Crippen molar-refractivity contribution in [1.29, 1.82) is 0 Å². The first-order valence-corrected chi connectivity index (χ1v) is 7.97. The van der Waals surface area contributed by atoms with Crippen LogP contribution in [-0.2, 0) is 0 Å². The highest BCUT2D eigenvalue weighted by atomic mass is 16.3. The molecule has 0 spiro atoms. The number of aryl methyl sites for hydroxylation is 1. The fourth-order valence-corrected chi connectivity index (χ4v) is 5.23. The molecule has 2 nitrogen and oxygen atoms in total. The normalized spacial score (nSPS) is 38.8. The average Bonchev–Trinajstić information content (AvgIpc) is 2.36. The lowest BCUT2D eigenvalue weighted by Gasteiger charge is -2.55. The fraction of sp³-hybridized carbons (Fsp3) is 0.611. The molecule has 0 atom stereocenters. The smallest absolute Gasteiger partial charge is 0.115 e. The Bertz CT molecular complexity index is 525. The fourth-order valence-electron chi connectivity index (χ4n) is 5.23. The van der Waals surface area contributed by atoms with E-state index in [1.165, 1.54) is 38.5 Å². The molecule has 4 fully saturated rings. The summed E-state index contributed by atoms with van der Waals surface area (Å²) >= 11 is 0. The van der Waals surface area contributed by atoms with Crippen LogP contribution in [0.3, 0.4) is 0 Å². The van der Waals surface area contributed by atoms with E-state index in [4.69, 9.17) is 4.99 Å². The number of phenolic OH excluding ortho intramolecular Hbond substituents is 1. The van der Waals surface area contributed by atoms with Gasteiger partial charge in [-0.1, -0.05) is 0 Å². The highest BCUT2D eigenvalue weighted by molar-refractivity contribution is 5.82. The van der Waals surface area contributed by atoms with Crippen LogP contribution in [0.15, 0.2) is 23.2 Å². The van der Waals surface area contributed by atoms with Crippen molar-refractivity contribution in [3.63, 3.8) is 0 Å². The molecular formula is C18H23NO. The van der Waals surface area contributed by atoms with E-state index in [2.05, 4.69) is 6.21 Å². The van der Waals surface area contributed by atoms with Crippen molar-refractivity contribution < 1.29 is 5.11 Å². The van der Waals surface area contributed by atoms with Gasteiger partial charge in [-0.3, -0.25) is 4.99 Å². The van der Waals surface area contributed by atoms with Crippen molar-refractivity contribution in [3.8, 4) is 5.75 Å². The minimum Gasteiger partial charge on any atom is -0.508 e. The van der Waals surface area contributed by atoms with E-state index >= 15 is 0 Å². The Hall–Kier alpha value is -1.31. The van der Waals surface area contributed by atoms with Crippen molar-refractivity contribution in [3.05, 3.63) is 29.3 Å². The van der Waals surface area contributed by atoms with Crippen LogP contribution in [0.5, 0.6) is 5.75 Å². The van der Waals surface area contributed by atoms with Gasteiger partial charge in [-0.05, 0) is 92.5 Å². The lowest BCUT2D eigenvalue weighted by atomic mass is 9.53. The standard InChI is InChI=1S/C18H23NO/c1-12-4-17(20)3-2-16(12)11-19-18-8-13-5-14(9-18)7-15(6-13)10-18/h2-4,11,13-15,20H,5-10H2,1H3. The van der Waals surface area contributed by atoms with Gasteiger partial charge in [0.2, 0.25) is 0 Å². The number of benzene rings is 1. The molecule has 4 aliphatic carbocycles. The molecule has 4 saturated carbocycles. The molecule has 0 radical (unpaired) electrons. The van der Waals surface area contributed by atoms with Gasteiger partial charge < -0.3 is 5.11 Å². The summed E-state index contributed by atoms with van der Waals surface area (Å²) in [4.78, 5) is 5.07. The van der Waals surface area contributed by atoms with Crippen LogP contribution in [0.4, 0.5) is 0 Å². The molecule has 0 saturated heterocycles. The molecule has 0 amide bonds. The van der Waals surface area contributed by atoms with Crippen LogP contribution in [-0.4, -0.2) is 16.9 Å². The Morgan fingerprint density at radius 3 is 2.25 bits per heavy atom. The topological polar surface area (TPSA) is 32.6 Å². The van der Waals surface area contributed by atoms with Gasteiger partial charge in [-0.25, -0.2) is 0 Å². The minimum absolute atomic E-state index is 0.249. The second-order valence-corrected chi connectivity index (χ2v) is 7.44. The zero-order valence-electron chi connectivity index (χ0n) is 12.2. The molecule has 1 N–H and O–H groups in total. The second kappa shape index (κ2) is 4.34. The third-order valence-electron chi connectivity index (χ3n) is 5.74. The lowest BCUT2D eigenvalue weighted by molar-refractivity contribution is 0.00195. The lowest BCUT2D eigenvalue weighted by Crippen LogP contribution is -2.49. The number of hydrogen-bond acceptors (Lipinski definition) is 2. The molecule has 2 heteroatoms. The summed E-state index contributed by atoms with van der Waals surface area (Å²) in [6, 6.07) is 5.56. The Morgan fingerprint density at radius 2 is 1.70 bits per heavy atom. The van der Waals surface area contributed by atoms with Crippen LogP contribution in [0.25, 0.3) is 0 Å². The van der Waals surface area contributed by atoms with Gasteiger partial charge >= 0.3 is 0 Å². The molecule has 0 aliphatic heterocycles. The SMILES string of the molecule is Cc1cc(O)ccc1C=NC12CC3CC(CC(C3)C1)C2. The Balaban J connectivity index is 1.60. The number of phenols is 1. The maximum Gasteiger partial charge on any atom is 0.115 e. The van der Waals surface area contributed by atoms with Gasteiger partial charge in [0, 0.05) is 6.21 Å². The second-order valence-electron chi connectivity index (χ2n) is 7.44. The summed E-state index contributed by atoms with van der Waals surface area (Å²) in [5.74, 6) is 3.17. The first-order chi connectivity index (χ1) is 9.62. The third kappa shape index (κ3) is 2.06. The van der Waals surface area contributed by atoms with Crippen LogP contribution >= 0.6 is 0 Å². The van der Waals surface area contributed by atoms with Gasteiger partial charge in [-0.15, -0.1) is 0 Å². The van der Waals surface area contributed by atoms with Crippen molar-refractivity contribution in [2.24, 2.45) is 22.7 Å². The molecule has 20 heavy (non-hydrogen) atoms. The zero-order chi connectivity index (χ0) is 13.7. The summed E-state index contributed by atoms with van der Waals surface area (Å²) in [5.41, 5.74) is 2.51. The quantitative estimate of drug-likeness (QED) is 0.806. The molecule has 4 bridgehead atoms. The third-order valence-corrected chi connectivity index (χ3v) is 5.74. The molecule has 106 valence electrons. The van der Waals surface area contributed by atoms with Gasteiger partial charge in [0.05, 0.1) is 5.54 Å². The van der Waals surface area contributed by atoms with E-state index in [9.17, 15) is 5.11 Å². The number of rotatable bonds is 2. The van der Waals surface area contributed by atoms with Gasteiger partial charge in [-0.2, -0.15) is 0 Å². The van der Waals surface area contributed by atoms with Crippen molar-refractivity contribution in [2.45, 2.75) is 51.0 Å². The maximum absolute atomic E-state index is 9.49. The van der Waals surface area contributed by atoms with Crippen LogP contribution < -0.4 is 0 Å². The Labute approximate surface area is 120 Å². The van der Waals surface area contributed by atoms with E-state index < -0.39 is 0 Å². The summed E-state index contributed by atoms with van der Waals surface area (Å²) in [5, 5.41) is 9.49. The molecule has 0 heterocycles. The van der Waals surface area contributed by atoms with Crippen molar-refractivity contribution in [2.75, 3.05) is 0 Å². The molecule has 4 aliphatic rings. The van der Waals surface area contributed by atoms with E-state index in [1.807, 2.05) is 19.1 Å². The monoisotopic (exact) mass is 269 g/mol. The molecule has 1 aromatic carbocycles. The summed E-state index contributed by atoms with van der Waals surface area (Å²) < 4.78 is 0. The summed E-state index contributed by atoms with van der Waals surface area (Å²) in [6.07, 6.45) is 10.4. The summed E-state index contributed by atoms with van der Waals surface area (Å²) in [7, 11) is 0. The van der Waals surface area contributed by atoms with Gasteiger partial charge in [0.1, 0.15) is 5.75 Å². The van der Waals surface area contributed by atoms with Crippen LogP contribution in [0, 0.1) is 24.7 Å². The van der Waals surface area contributed by atoms with Crippen LogP contribution in [0.2, 0.25) is 0 Å².